The number of thioether (sulfide) groups is 1. The Morgan fingerprint density at radius 2 is 2.12 bits per heavy atom. The monoisotopic (exact) mass is 236 g/mol. The van der Waals surface area contributed by atoms with Crippen LogP contribution >= 0.6 is 11.8 Å². The first-order chi connectivity index (χ1) is 7.29. The first kappa shape index (κ1) is 12.9. The SMILES string of the molecule is CC1=C(C(=O)O)SC(C#CC(C)(C)C)=CC1. The molecule has 0 spiro atoms. The van der Waals surface area contributed by atoms with Gasteiger partial charge in [-0.3, -0.25) is 0 Å². The molecule has 0 saturated carbocycles. The molecule has 0 unspecified atom stereocenters. The van der Waals surface area contributed by atoms with E-state index in [1.807, 2.05) is 33.8 Å². The largest absolute Gasteiger partial charge is 0.477 e. The minimum Gasteiger partial charge on any atom is -0.477 e. The Morgan fingerprint density at radius 1 is 1.50 bits per heavy atom. The Balaban J connectivity index is 2.83. The molecule has 86 valence electrons. The van der Waals surface area contributed by atoms with Gasteiger partial charge < -0.3 is 5.11 Å². The molecule has 16 heavy (non-hydrogen) atoms. The molecule has 0 saturated heterocycles. The lowest BCUT2D eigenvalue weighted by Gasteiger charge is -2.12. The van der Waals surface area contributed by atoms with E-state index in [0.717, 1.165) is 10.5 Å². The van der Waals surface area contributed by atoms with Crippen molar-refractivity contribution in [3.05, 3.63) is 21.5 Å². The van der Waals surface area contributed by atoms with Crippen molar-refractivity contribution in [2.45, 2.75) is 34.1 Å². The van der Waals surface area contributed by atoms with Gasteiger partial charge in [-0.2, -0.15) is 0 Å². The van der Waals surface area contributed by atoms with Crippen LogP contribution in [0, 0.1) is 17.3 Å². The van der Waals surface area contributed by atoms with E-state index in [2.05, 4.69) is 11.8 Å². The number of hydrogen-bond acceptors (Lipinski definition) is 2. The number of rotatable bonds is 1. The summed E-state index contributed by atoms with van der Waals surface area (Å²) in [5, 5.41) is 9.00. The van der Waals surface area contributed by atoms with Crippen LogP contribution in [0.15, 0.2) is 21.5 Å². The van der Waals surface area contributed by atoms with Gasteiger partial charge in [0.25, 0.3) is 0 Å². The van der Waals surface area contributed by atoms with Crippen molar-refractivity contribution in [1.29, 1.82) is 0 Å². The van der Waals surface area contributed by atoms with Gasteiger partial charge in [-0.15, -0.1) is 0 Å². The van der Waals surface area contributed by atoms with Crippen LogP contribution in [0.4, 0.5) is 0 Å². The molecule has 2 nitrogen and oxygen atoms in total. The summed E-state index contributed by atoms with van der Waals surface area (Å²) in [5.74, 6) is 5.30. The molecule has 0 bridgehead atoms. The van der Waals surface area contributed by atoms with Crippen LogP contribution in [-0.2, 0) is 4.79 Å². The summed E-state index contributed by atoms with van der Waals surface area (Å²) in [6.07, 6.45) is 2.67. The fourth-order valence-electron chi connectivity index (χ4n) is 1.13. The lowest BCUT2D eigenvalue weighted by Crippen LogP contribution is -2.04. The summed E-state index contributed by atoms with van der Waals surface area (Å²) in [5.41, 5.74) is 0.847. The van der Waals surface area contributed by atoms with Crippen molar-refractivity contribution in [2.24, 2.45) is 5.41 Å². The fourth-order valence-corrected chi connectivity index (χ4v) is 1.96. The predicted octanol–water partition coefficient (Wildman–Crippen LogP) is 3.42. The van der Waals surface area contributed by atoms with Crippen molar-refractivity contribution >= 4 is 17.7 Å². The Hall–Kier alpha value is -1.14. The first-order valence-electron chi connectivity index (χ1n) is 5.14. The summed E-state index contributed by atoms with van der Waals surface area (Å²) >= 11 is 1.26. The van der Waals surface area contributed by atoms with Crippen molar-refractivity contribution in [1.82, 2.24) is 0 Å². The van der Waals surface area contributed by atoms with E-state index in [1.54, 1.807) is 0 Å². The third kappa shape index (κ3) is 3.79. The van der Waals surface area contributed by atoms with Crippen molar-refractivity contribution in [3.63, 3.8) is 0 Å². The van der Waals surface area contributed by atoms with E-state index in [-0.39, 0.29) is 5.41 Å². The highest BCUT2D eigenvalue weighted by molar-refractivity contribution is 8.07. The number of carboxylic acid groups (broad SMARTS) is 1. The number of allylic oxidation sites excluding steroid dienone is 3. The summed E-state index contributed by atoms with van der Waals surface area (Å²) in [6.45, 7) is 7.95. The maximum Gasteiger partial charge on any atom is 0.342 e. The molecule has 0 aromatic heterocycles. The molecule has 3 heteroatoms. The normalized spacial score (nSPS) is 16.4. The molecule has 1 heterocycles. The summed E-state index contributed by atoms with van der Waals surface area (Å²) in [6, 6.07) is 0. The number of hydrogen-bond donors (Lipinski definition) is 1. The highest BCUT2D eigenvalue weighted by Gasteiger charge is 2.17. The minimum atomic E-state index is -0.856. The number of carboxylic acids is 1. The first-order valence-corrected chi connectivity index (χ1v) is 5.95. The third-order valence-electron chi connectivity index (χ3n) is 1.95. The molecule has 0 fully saturated rings. The van der Waals surface area contributed by atoms with E-state index >= 15 is 0 Å². The second kappa shape index (κ2) is 4.80. The highest BCUT2D eigenvalue weighted by Crippen LogP contribution is 2.34. The van der Waals surface area contributed by atoms with Crippen LogP contribution in [-0.4, -0.2) is 11.1 Å². The van der Waals surface area contributed by atoms with E-state index in [0.29, 0.717) is 11.3 Å². The summed E-state index contributed by atoms with van der Waals surface area (Å²) in [4.78, 5) is 12.2. The topological polar surface area (TPSA) is 37.3 Å². The van der Waals surface area contributed by atoms with Gasteiger partial charge >= 0.3 is 5.97 Å². The molecule has 1 rings (SSSR count). The Morgan fingerprint density at radius 3 is 2.62 bits per heavy atom. The minimum absolute atomic E-state index is 0.0546. The van der Waals surface area contributed by atoms with Gasteiger partial charge in [0.2, 0.25) is 0 Å². The van der Waals surface area contributed by atoms with Gasteiger partial charge in [0.05, 0.1) is 9.81 Å². The van der Waals surface area contributed by atoms with Gasteiger partial charge in [-0.05, 0) is 39.7 Å². The van der Waals surface area contributed by atoms with Crippen LogP contribution in [0.3, 0.4) is 0 Å². The molecular weight excluding hydrogens is 220 g/mol. The summed E-state index contributed by atoms with van der Waals surface area (Å²) < 4.78 is 0. The predicted molar refractivity (Wildman–Crippen MR) is 67.9 cm³/mol. The zero-order valence-corrected chi connectivity index (χ0v) is 10.9. The van der Waals surface area contributed by atoms with Gasteiger partial charge in [0.15, 0.2) is 0 Å². The number of aliphatic carboxylic acids is 1. The van der Waals surface area contributed by atoms with E-state index in [9.17, 15) is 4.79 Å². The zero-order valence-electron chi connectivity index (χ0n) is 10.0. The van der Waals surface area contributed by atoms with Crippen LogP contribution in [0.5, 0.6) is 0 Å². The van der Waals surface area contributed by atoms with Crippen LogP contribution in [0.25, 0.3) is 0 Å². The quantitative estimate of drug-likeness (QED) is 0.709. The lowest BCUT2D eigenvalue weighted by molar-refractivity contribution is -0.131. The Kier molecular flexibility index (Phi) is 3.88. The Labute approximate surface area is 101 Å². The van der Waals surface area contributed by atoms with Crippen LogP contribution in [0.1, 0.15) is 34.1 Å². The van der Waals surface area contributed by atoms with Crippen molar-refractivity contribution < 1.29 is 9.90 Å². The molecule has 0 aromatic carbocycles. The van der Waals surface area contributed by atoms with E-state index < -0.39 is 5.97 Å². The Bertz CT molecular complexity index is 425. The van der Waals surface area contributed by atoms with Gasteiger partial charge in [0, 0.05) is 5.41 Å². The molecule has 1 N–H and O–H groups in total. The standard InChI is InChI=1S/C13H16O2S/c1-9-5-6-10(7-8-13(2,3)4)16-11(9)12(14)15/h6H,5H2,1-4H3,(H,14,15). The fraction of sp³-hybridized carbons (Fsp3) is 0.462. The van der Waals surface area contributed by atoms with Gasteiger partial charge in [-0.25, -0.2) is 4.79 Å². The maximum atomic E-state index is 11.0. The van der Waals surface area contributed by atoms with E-state index in [1.165, 1.54) is 11.8 Å². The smallest absolute Gasteiger partial charge is 0.342 e. The molecule has 0 aromatic rings. The molecule has 0 radical (unpaired) electrons. The van der Waals surface area contributed by atoms with Gasteiger partial charge in [0.1, 0.15) is 0 Å². The van der Waals surface area contributed by atoms with Gasteiger partial charge in [-0.1, -0.05) is 29.7 Å². The molecule has 1 aliphatic rings. The molecule has 0 amide bonds. The average molecular weight is 236 g/mol. The molecule has 0 atom stereocenters. The second-order valence-electron chi connectivity index (χ2n) is 4.79. The molecule has 0 aliphatic carbocycles. The summed E-state index contributed by atoms with van der Waals surface area (Å²) in [7, 11) is 0. The molecule has 1 aliphatic heterocycles. The second-order valence-corrected chi connectivity index (χ2v) is 5.84. The third-order valence-corrected chi connectivity index (χ3v) is 3.16. The van der Waals surface area contributed by atoms with Crippen molar-refractivity contribution in [3.8, 4) is 11.8 Å². The average Bonchev–Trinajstić information content (AvgIpc) is 2.14. The highest BCUT2D eigenvalue weighted by atomic mass is 32.2. The molecular formula is C13H16O2S. The maximum absolute atomic E-state index is 11.0. The van der Waals surface area contributed by atoms with E-state index in [4.69, 9.17) is 5.11 Å². The lowest BCUT2D eigenvalue weighted by atomic mass is 9.98. The van der Waals surface area contributed by atoms with Crippen LogP contribution < -0.4 is 0 Å². The zero-order chi connectivity index (χ0) is 12.3. The van der Waals surface area contributed by atoms with Crippen molar-refractivity contribution in [2.75, 3.05) is 0 Å². The number of carbonyl (C=O) groups is 1. The van der Waals surface area contributed by atoms with Crippen LogP contribution in [0.2, 0.25) is 0 Å².